The number of hydrogen-bond acceptors (Lipinski definition) is 3. The van der Waals surface area contributed by atoms with Gasteiger partial charge in [0.25, 0.3) is 5.91 Å². The molecule has 1 amide bonds. The van der Waals surface area contributed by atoms with Gasteiger partial charge in [0.2, 0.25) is 0 Å². The summed E-state index contributed by atoms with van der Waals surface area (Å²) in [7, 11) is 0. The molecule has 1 N–H and O–H groups in total. The number of ether oxygens (including phenoxy) is 1. The first-order valence-corrected chi connectivity index (χ1v) is 11.1. The van der Waals surface area contributed by atoms with Gasteiger partial charge in [0.05, 0.1) is 5.69 Å². The molecule has 4 nitrogen and oxygen atoms in total. The molecule has 0 bridgehead atoms. The molecule has 0 aliphatic heterocycles. The fraction of sp³-hybridized carbons (Fsp3) is 0.0667. The number of carbonyl (C=O) groups is 1. The first kappa shape index (κ1) is 23.5. The van der Waals surface area contributed by atoms with Gasteiger partial charge in [-0.15, -0.1) is 6.58 Å². The van der Waals surface area contributed by atoms with Gasteiger partial charge >= 0.3 is 0 Å². The number of rotatable bonds is 8. The number of hydrogen-bond donors (Lipinski definition) is 1. The Bertz CT molecular complexity index is 1460. The topological polar surface area (TPSA) is 62.1 Å². The van der Waals surface area contributed by atoms with Gasteiger partial charge in [-0.3, -0.25) is 4.79 Å². The van der Waals surface area contributed by atoms with E-state index in [1.165, 1.54) is 24.3 Å². The van der Waals surface area contributed by atoms with Crippen LogP contribution in [0.15, 0.2) is 103 Å². The molecule has 0 fully saturated rings. The van der Waals surface area contributed by atoms with Crippen molar-refractivity contribution in [3.8, 4) is 11.8 Å². The Morgan fingerprint density at radius 1 is 1.00 bits per heavy atom. The van der Waals surface area contributed by atoms with E-state index >= 15 is 0 Å². The fourth-order valence-electron chi connectivity index (χ4n) is 3.79. The van der Waals surface area contributed by atoms with Crippen LogP contribution < -0.4 is 10.1 Å². The van der Waals surface area contributed by atoms with Crippen LogP contribution in [0.3, 0.4) is 0 Å². The smallest absolute Gasteiger partial charge is 0.266 e. The Kier molecular flexibility index (Phi) is 7.34. The molecule has 0 heterocycles. The van der Waals surface area contributed by atoms with Crippen molar-refractivity contribution in [3.05, 3.63) is 126 Å². The highest BCUT2D eigenvalue weighted by Gasteiger charge is 2.13. The molecule has 5 heteroatoms. The minimum atomic E-state index is -0.681. The number of carbonyl (C=O) groups excluding carboxylic acids is 1. The van der Waals surface area contributed by atoms with Gasteiger partial charge in [-0.05, 0) is 64.2 Å². The van der Waals surface area contributed by atoms with Crippen molar-refractivity contribution in [3.63, 3.8) is 0 Å². The van der Waals surface area contributed by atoms with Crippen molar-refractivity contribution < 1.29 is 13.9 Å². The predicted octanol–water partition coefficient (Wildman–Crippen LogP) is 6.83. The molecule has 0 aliphatic rings. The third-order valence-corrected chi connectivity index (χ3v) is 5.51. The highest BCUT2D eigenvalue weighted by atomic mass is 19.1. The lowest BCUT2D eigenvalue weighted by Gasteiger charge is -2.13. The number of amides is 1. The van der Waals surface area contributed by atoms with Crippen LogP contribution in [0.2, 0.25) is 0 Å². The molecule has 0 radical (unpaired) electrons. The number of nitrogens with zero attached hydrogens (tertiary/aromatic N) is 1. The second-order valence-corrected chi connectivity index (χ2v) is 7.89. The number of allylic oxidation sites excluding steroid dienone is 1. The summed E-state index contributed by atoms with van der Waals surface area (Å²) in [5.74, 6) is -0.553. The van der Waals surface area contributed by atoms with E-state index in [-0.39, 0.29) is 11.3 Å². The van der Waals surface area contributed by atoms with Crippen molar-refractivity contribution in [2.75, 3.05) is 5.32 Å². The highest BCUT2D eigenvalue weighted by Crippen LogP contribution is 2.26. The fourth-order valence-corrected chi connectivity index (χ4v) is 3.79. The van der Waals surface area contributed by atoms with Gasteiger partial charge in [-0.25, -0.2) is 4.39 Å². The molecular weight excluding hydrogens is 439 g/mol. The van der Waals surface area contributed by atoms with Crippen LogP contribution in [0.1, 0.15) is 16.7 Å². The molecule has 4 rings (SSSR count). The van der Waals surface area contributed by atoms with E-state index in [0.29, 0.717) is 24.3 Å². The van der Waals surface area contributed by atoms with Crippen LogP contribution in [0, 0.1) is 17.1 Å². The van der Waals surface area contributed by atoms with Crippen molar-refractivity contribution >= 4 is 28.4 Å². The first-order valence-electron chi connectivity index (χ1n) is 11.1. The molecule has 35 heavy (non-hydrogen) atoms. The first-order chi connectivity index (χ1) is 17.1. The van der Waals surface area contributed by atoms with Gasteiger partial charge in [0, 0.05) is 0 Å². The number of nitrogens with one attached hydrogen (secondary N) is 1. The zero-order chi connectivity index (χ0) is 24.6. The second kappa shape index (κ2) is 11.0. The van der Waals surface area contributed by atoms with Gasteiger partial charge in [-0.1, -0.05) is 66.7 Å². The summed E-state index contributed by atoms with van der Waals surface area (Å²) in [4.78, 5) is 12.5. The van der Waals surface area contributed by atoms with Gasteiger partial charge < -0.3 is 10.1 Å². The largest absolute Gasteiger partial charge is 0.489 e. The normalized spacial score (nSPS) is 11.0. The van der Waals surface area contributed by atoms with Crippen LogP contribution in [0.4, 0.5) is 10.1 Å². The Labute approximate surface area is 203 Å². The molecule has 0 saturated heterocycles. The lowest BCUT2D eigenvalue weighted by molar-refractivity contribution is -0.112. The monoisotopic (exact) mass is 462 g/mol. The summed E-state index contributed by atoms with van der Waals surface area (Å²) >= 11 is 0. The molecule has 0 aromatic heterocycles. The Morgan fingerprint density at radius 3 is 2.57 bits per heavy atom. The van der Waals surface area contributed by atoms with Gasteiger partial charge in [0.15, 0.2) is 0 Å². The maximum atomic E-state index is 13.9. The van der Waals surface area contributed by atoms with E-state index in [1.54, 1.807) is 18.2 Å². The SMILES string of the molecule is C=CCc1cc(/C=C(/C#N)C(=O)Nc2ccccc2F)ccc1OCc1cccc2ccccc12. The van der Waals surface area contributed by atoms with E-state index in [0.717, 1.165) is 21.9 Å². The van der Waals surface area contributed by atoms with E-state index in [9.17, 15) is 14.4 Å². The second-order valence-electron chi connectivity index (χ2n) is 7.89. The molecule has 0 unspecified atom stereocenters. The van der Waals surface area contributed by atoms with Crippen molar-refractivity contribution in [1.82, 2.24) is 0 Å². The van der Waals surface area contributed by atoms with Gasteiger partial charge in [-0.2, -0.15) is 5.26 Å². The number of anilines is 1. The van der Waals surface area contributed by atoms with Crippen LogP contribution in [0.5, 0.6) is 5.75 Å². The molecule has 0 aliphatic carbocycles. The number of nitriles is 1. The number of fused-ring (bicyclic) bond motifs is 1. The molecule has 172 valence electrons. The molecule has 4 aromatic carbocycles. The maximum absolute atomic E-state index is 13.9. The quantitative estimate of drug-likeness (QED) is 0.177. The predicted molar refractivity (Wildman–Crippen MR) is 137 cm³/mol. The van der Waals surface area contributed by atoms with Crippen LogP contribution in [-0.2, 0) is 17.8 Å². The van der Waals surface area contributed by atoms with Gasteiger partial charge in [0.1, 0.15) is 29.8 Å². The van der Waals surface area contributed by atoms with E-state index in [1.807, 2.05) is 42.5 Å². The third-order valence-electron chi connectivity index (χ3n) is 5.51. The van der Waals surface area contributed by atoms with Crippen LogP contribution in [0.25, 0.3) is 16.8 Å². The molecule has 4 aromatic rings. The lowest BCUT2D eigenvalue weighted by atomic mass is 10.0. The van der Waals surface area contributed by atoms with Crippen LogP contribution in [-0.4, -0.2) is 5.91 Å². The Balaban J connectivity index is 1.55. The van der Waals surface area contributed by atoms with E-state index in [2.05, 4.69) is 30.1 Å². The Morgan fingerprint density at radius 2 is 1.77 bits per heavy atom. The lowest BCUT2D eigenvalue weighted by Crippen LogP contribution is -2.14. The highest BCUT2D eigenvalue weighted by molar-refractivity contribution is 6.09. The van der Waals surface area contributed by atoms with Crippen molar-refractivity contribution in [1.29, 1.82) is 5.26 Å². The minimum absolute atomic E-state index is 0.0168. The summed E-state index contributed by atoms with van der Waals surface area (Å²) in [6.07, 6.45) is 3.79. The molecule has 0 spiro atoms. The average Bonchev–Trinajstić information content (AvgIpc) is 2.88. The molecule has 0 atom stereocenters. The zero-order valence-corrected chi connectivity index (χ0v) is 19.0. The van der Waals surface area contributed by atoms with Crippen LogP contribution >= 0.6 is 0 Å². The number of para-hydroxylation sites is 1. The third kappa shape index (κ3) is 5.63. The average molecular weight is 463 g/mol. The summed E-state index contributed by atoms with van der Waals surface area (Å²) in [5.41, 5.74) is 2.49. The minimum Gasteiger partial charge on any atom is -0.489 e. The summed E-state index contributed by atoms with van der Waals surface area (Å²) in [5, 5.41) is 14.2. The standard InChI is InChI=1S/C30H23FN2O2/c1-2-8-23-17-21(18-25(19-32)30(34)33-28-14-6-5-13-27(28)31)15-16-29(23)35-20-24-11-7-10-22-9-3-4-12-26(22)24/h2-7,9-18H,1,8,20H2,(H,33,34)/b25-18-. The summed E-state index contributed by atoms with van der Waals surface area (Å²) < 4.78 is 20.0. The zero-order valence-electron chi connectivity index (χ0n) is 19.0. The molecule has 0 saturated carbocycles. The van der Waals surface area contributed by atoms with Crippen molar-refractivity contribution in [2.24, 2.45) is 0 Å². The maximum Gasteiger partial charge on any atom is 0.266 e. The molecular formula is C30H23FN2O2. The number of halogens is 1. The van der Waals surface area contributed by atoms with E-state index in [4.69, 9.17) is 4.74 Å². The number of benzene rings is 4. The summed E-state index contributed by atoms with van der Waals surface area (Å²) in [6.45, 7) is 4.22. The summed E-state index contributed by atoms with van der Waals surface area (Å²) in [6, 6.07) is 27.4. The van der Waals surface area contributed by atoms with E-state index < -0.39 is 11.7 Å². The van der Waals surface area contributed by atoms with Crippen molar-refractivity contribution in [2.45, 2.75) is 13.0 Å². The Hall–Kier alpha value is -4.69.